The minimum absolute atomic E-state index is 0.158. The van der Waals surface area contributed by atoms with Crippen molar-refractivity contribution in [1.82, 2.24) is 19.1 Å². The lowest BCUT2D eigenvalue weighted by molar-refractivity contribution is -0.386. The molecule has 0 atom stereocenters. The van der Waals surface area contributed by atoms with Crippen molar-refractivity contribution in [3.8, 4) is 0 Å². The van der Waals surface area contributed by atoms with Crippen LogP contribution in [0.25, 0.3) is 0 Å². The topological polar surface area (TPSA) is 159 Å². The summed E-state index contributed by atoms with van der Waals surface area (Å²) < 4.78 is 1.70. The molecule has 0 bridgehead atoms. The summed E-state index contributed by atoms with van der Waals surface area (Å²) in [5.41, 5.74) is -2.11. The number of benzene rings is 1. The van der Waals surface area contributed by atoms with Crippen molar-refractivity contribution < 1.29 is 4.92 Å². The molecule has 3 aromatic rings. The van der Waals surface area contributed by atoms with E-state index in [1.165, 1.54) is 26.6 Å². The quantitative estimate of drug-likeness (QED) is 0.102. The lowest BCUT2D eigenvalue weighted by Gasteiger charge is -2.27. The molecule has 0 aliphatic heterocycles. The Labute approximate surface area is 262 Å². The van der Waals surface area contributed by atoms with Crippen LogP contribution in [0.2, 0.25) is 0 Å². The number of rotatable bonds is 19. The van der Waals surface area contributed by atoms with Crippen molar-refractivity contribution in [2.45, 2.75) is 90.9 Å². The number of hydrogen-bond donors (Lipinski definition) is 2. The van der Waals surface area contributed by atoms with Gasteiger partial charge in [-0.3, -0.25) is 38.8 Å². The summed E-state index contributed by atoms with van der Waals surface area (Å²) >= 11 is 0. The molecule has 0 aliphatic rings. The molecule has 0 radical (unpaired) electrons. The number of unbranched alkanes of at least 4 members (excludes halogenated alkanes) is 10. The normalized spacial score (nSPS) is 11.1. The molecule has 0 saturated heterocycles. The van der Waals surface area contributed by atoms with Gasteiger partial charge in [0.05, 0.1) is 4.92 Å². The lowest BCUT2D eigenvalue weighted by atomic mass is 10.1. The van der Waals surface area contributed by atoms with Crippen LogP contribution in [0.5, 0.6) is 0 Å². The fourth-order valence-corrected chi connectivity index (χ4v) is 5.32. The average molecular weight is 626 g/mol. The van der Waals surface area contributed by atoms with Gasteiger partial charge in [-0.15, -0.1) is 0 Å². The number of aromatic nitrogens is 4. The molecule has 2 N–H and O–H groups in total. The fraction of sp³-hybridized carbons (Fsp3) is 0.562. The largest absolute Gasteiger partial charge is 0.374 e. The second kappa shape index (κ2) is 17.2. The van der Waals surface area contributed by atoms with Crippen LogP contribution in [0.4, 0.5) is 28.7 Å². The van der Waals surface area contributed by atoms with Gasteiger partial charge in [0, 0.05) is 44.6 Å². The van der Waals surface area contributed by atoms with Crippen LogP contribution in [0.3, 0.4) is 0 Å². The van der Waals surface area contributed by atoms with E-state index >= 15 is 0 Å². The Morgan fingerprint density at radius 1 is 0.689 bits per heavy atom. The second-order valence-corrected chi connectivity index (χ2v) is 11.5. The Kier molecular flexibility index (Phi) is 13.4. The minimum atomic E-state index is -0.983. The Balaban J connectivity index is 2.00. The van der Waals surface area contributed by atoms with Gasteiger partial charge in [0.1, 0.15) is 5.82 Å². The molecule has 0 unspecified atom stereocenters. The maximum absolute atomic E-state index is 12.8. The molecule has 2 heterocycles. The number of H-pyrrole nitrogens is 2. The molecule has 1 aromatic carbocycles. The third-order valence-corrected chi connectivity index (χ3v) is 8.08. The first-order valence-electron chi connectivity index (χ1n) is 16.0. The summed E-state index contributed by atoms with van der Waals surface area (Å²) in [5, 5.41) is 12.0. The number of nitrogens with zero attached hydrogens (tertiary/aromatic N) is 5. The van der Waals surface area contributed by atoms with Gasteiger partial charge in [0.15, 0.2) is 0 Å². The van der Waals surface area contributed by atoms with Gasteiger partial charge in [0.2, 0.25) is 5.82 Å². The maximum Gasteiger partial charge on any atom is 0.374 e. The highest BCUT2D eigenvalue weighted by atomic mass is 16.6. The van der Waals surface area contributed by atoms with E-state index in [1.54, 1.807) is 29.2 Å². The standard InChI is InChI=1S/C32H47N7O6/c1-5-7-9-11-13-15-21-37(26-23-27(40)35(3)31(42)33-26)24-17-19-25(20-18-24)38(22-16-14-12-10-8-6-2)29-28(39(44)45)30(41)36(4)32(43)34-29/h17-20,23H,5-16,21-22H2,1-4H3,(H,33,42)(H,34,43). The van der Waals surface area contributed by atoms with Crippen LogP contribution in [0, 0.1) is 10.1 Å². The highest BCUT2D eigenvalue weighted by Gasteiger charge is 2.28. The van der Waals surface area contributed by atoms with Crippen molar-refractivity contribution in [3.63, 3.8) is 0 Å². The van der Waals surface area contributed by atoms with E-state index in [9.17, 15) is 29.3 Å². The second-order valence-electron chi connectivity index (χ2n) is 11.5. The van der Waals surface area contributed by atoms with Gasteiger partial charge in [-0.25, -0.2) is 9.59 Å². The maximum atomic E-state index is 12.8. The molecular formula is C32H47N7O6. The Morgan fingerprint density at radius 3 is 1.67 bits per heavy atom. The summed E-state index contributed by atoms with van der Waals surface area (Å²) in [6.07, 6.45) is 12.3. The summed E-state index contributed by atoms with van der Waals surface area (Å²) in [6.45, 7) is 5.21. The summed E-state index contributed by atoms with van der Waals surface area (Å²) in [7, 11) is 2.61. The van der Waals surface area contributed by atoms with Gasteiger partial charge in [0.25, 0.3) is 5.56 Å². The number of hydrogen-bond acceptors (Lipinski definition) is 8. The predicted molar refractivity (Wildman–Crippen MR) is 178 cm³/mol. The van der Waals surface area contributed by atoms with Crippen molar-refractivity contribution in [2.75, 3.05) is 22.9 Å². The fourth-order valence-electron chi connectivity index (χ4n) is 5.32. The van der Waals surface area contributed by atoms with E-state index in [-0.39, 0.29) is 5.82 Å². The van der Waals surface area contributed by atoms with Crippen molar-refractivity contribution in [2.24, 2.45) is 14.1 Å². The monoisotopic (exact) mass is 625 g/mol. The van der Waals surface area contributed by atoms with Crippen LogP contribution in [-0.2, 0) is 14.1 Å². The zero-order valence-corrected chi connectivity index (χ0v) is 27.0. The van der Waals surface area contributed by atoms with Crippen LogP contribution in [-0.4, -0.2) is 37.1 Å². The molecule has 246 valence electrons. The summed E-state index contributed by atoms with van der Waals surface area (Å²) in [4.78, 5) is 70.5. The first kappa shape index (κ1) is 35.1. The van der Waals surface area contributed by atoms with Crippen molar-refractivity contribution in [3.05, 3.63) is 82.1 Å². The van der Waals surface area contributed by atoms with Crippen LogP contribution in [0.15, 0.2) is 49.5 Å². The van der Waals surface area contributed by atoms with E-state index in [2.05, 4.69) is 23.8 Å². The number of anilines is 4. The van der Waals surface area contributed by atoms with Crippen molar-refractivity contribution in [1.29, 1.82) is 0 Å². The Bertz CT molecular complexity index is 1610. The molecule has 0 spiro atoms. The molecule has 0 fully saturated rings. The number of aromatic amines is 2. The van der Waals surface area contributed by atoms with Gasteiger partial charge < -0.3 is 9.80 Å². The third kappa shape index (κ3) is 9.29. The Morgan fingerprint density at radius 2 is 1.16 bits per heavy atom. The first-order valence-corrected chi connectivity index (χ1v) is 16.0. The van der Waals surface area contributed by atoms with E-state index in [4.69, 9.17) is 0 Å². The molecule has 45 heavy (non-hydrogen) atoms. The van der Waals surface area contributed by atoms with E-state index < -0.39 is 33.1 Å². The molecule has 13 heteroatoms. The highest BCUT2D eigenvalue weighted by molar-refractivity contribution is 5.70. The molecule has 0 aliphatic carbocycles. The summed E-state index contributed by atoms with van der Waals surface area (Å²) in [6, 6.07) is 8.53. The minimum Gasteiger partial charge on any atom is -0.328 e. The molecule has 0 saturated carbocycles. The van der Waals surface area contributed by atoms with Crippen LogP contribution >= 0.6 is 0 Å². The smallest absolute Gasteiger partial charge is 0.328 e. The first-order chi connectivity index (χ1) is 21.6. The molecule has 13 nitrogen and oxygen atoms in total. The average Bonchev–Trinajstić information content (AvgIpc) is 3.01. The Hall–Kier alpha value is -4.42. The summed E-state index contributed by atoms with van der Waals surface area (Å²) in [5.74, 6) is 0.217. The molecule has 2 aromatic heterocycles. The van der Waals surface area contributed by atoms with Crippen LogP contribution < -0.4 is 32.3 Å². The van der Waals surface area contributed by atoms with Gasteiger partial charge >= 0.3 is 22.6 Å². The SMILES string of the molecule is CCCCCCCCN(c1ccc(N(CCCCCCCC)c2[nH]c(=O)n(C)c(=O)c2[N+](=O)[O-])cc1)c1cc(=O)n(C)c(=O)[nH]1. The zero-order chi connectivity index (χ0) is 32.9. The third-order valence-electron chi connectivity index (χ3n) is 8.08. The van der Waals surface area contributed by atoms with E-state index in [0.29, 0.717) is 41.3 Å². The molecular weight excluding hydrogens is 578 g/mol. The van der Waals surface area contributed by atoms with Gasteiger partial charge in [-0.05, 0) is 37.1 Å². The zero-order valence-electron chi connectivity index (χ0n) is 27.0. The van der Waals surface area contributed by atoms with E-state index in [1.807, 2.05) is 4.90 Å². The predicted octanol–water partition coefficient (Wildman–Crippen LogP) is 5.37. The van der Waals surface area contributed by atoms with Crippen molar-refractivity contribution >= 4 is 28.7 Å². The van der Waals surface area contributed by atoms with Crippen LogP contribution in [0.1, 0.15) is 90.9 Å². The van der Waals surface area contributed by atoms with Gasteiger partial charge in [-0.1, -0.05) is 78.1 Å². The number of nitro groups is 1. The molecule has 3 rings (SSSR count). The highest BCUT2D eigenvalue weighted by Crippen LogP contribution is 2.32. The lowest BCUT2D eigenvalue weighted by Crippen LogP contribution is -2.37. The molecule has 0 amide bonds. The number of nitrogens with one attached hydrogen (secondary N) is 2. The van der Waals surface area contributed by atoms with E-state index in [0.717, 1.165) is 68.8 Å². The van der Waals surface area contributed by atoms with Gasteiger partial charge in [-0.2, -0.15) is 0 Å².